The standard InChI is InChI=1S/C14H14N4O2/c1-3-20-10-7-5-4-6-9(10)13-15-11-8(2)17-18-12(11)14(19)16-13/h4-7H,3H2,1-2H3,(H,17,18)(H,15,16,19). The summed E-state index contributed by atoms with van der Waals surface area (Å²) in [7, 11) is 0. The van der Waals surface area contributed by atoms with E-state index in [9.17, 15) is 4.79 Å². The first-order valence-electron chi connectivity index (χ1n) is 6.38. The summed E-state index contributed by atoms with van der Waals surface area (Å²) in [5.74, 6) is 1.18. The summed E-state index contributed by atoms with van der Waals surface area (Å²) in [4.78, 5) is 19.3. The molecule has 0 atom stereocenters. The summed E-state index contributed by atoms with van der Waals surface area (Å²) < 4.78 is 5.57. The normalized spacial score (nSPS) is 10.9. The Bertz CT molecular complexity index is 819. The molecule has 0 bridgehead atoms. The van der Waals surface area contributed by atoms with Gasteiger partial charge in [-0.15, -0.1) is 0 Å². The molecule has 0 amide bonds. The van der Waals surface area contributed by atoms with E-state index in [0.717, 1.165) is 11.3 Å². The van der Waals surface area contributed by atoms with Gasteiger partial charge in [0.05, 0.1) is 17.9 Å². The lowest BCUT2D eigenvalue weighted by molar-refractivity contribution is 0.341. The summed E-state index contributed by atoms with van der Waals surface area (Å²) in [5, 5.41) is 6.72. The van der Waals surface area contributed by atoms with E-state index >= 15 is 0 Å². The second-order valence-corrected chi connectivity index (χ2v) is 4.39. The van der Waals surface area contributed by atoms with Crippen LogP contribution in [0.3, 0.4) is 0 Å². The number of hydrogen-bond acceptors (Lipinski definition) is 4. The lowest BCUT2D eigenvalue weighted by atomic mass is 10.2. The van der Waals surface area contributed by atoms with E-state index in [-0.39, 0.29) is 5.56 Å². The summed E-state index contributed by atoms with van der Waals surface area (Å²) >= 11 is 0. The van der Waals surface area contributed by atoms with Crippen LogP contribution >= 0.6 is 0 Å². The van der Waals surface area contributed by atoms with Crippen LogP contribution < -0.4 is 10.3 Å². The maximum absolute atomic E-state index is 12.0. The molecule has 0 fully saturated rings. The first-order valence-corrected chi connectivity index (χ1v) is 6.38. The van der Waals surface area contributed by atoms with Crippen LogP contribution in [0, 0.1) is 6.92 Å². The molecule has 0 radical (unpaired) electrons. The van der Waals surface area contributed by atoms with Gasteiger partial charge in [0.15, 0.2) is 5.52 Å². The van der Waals surface area contributed by atoms with Crippen molar-refractivity contribution in [1.82, 2.24) is 20.2 Å². The van der Waals surface area contributed by atoms with Gasteiger partial charge in [0.2, 0.25) is 0 Å². The second kappa shape index (κ2) is 4.80. The molecular formula is C14H14N4O2. The number of aromatic amines is 2. The average molecular weight is 270 g/mol. The highest BCUT2D eigenvalue weighted by Gasteiger charge is 2.13. The zero-order chi connectivity index (χ0) is 14.1. The van der Waals surface area contributed by atoms with E-state index in [4.69, 9.17) is 4.74 Å². The molecule has 2 heterocycles. The van der Waals surface area contributed by atoms with Crippen LogP contribution in [-0.4, -0.2) is 26.8 Å². The predicted octanol–water partition coefficient (Wildman–Crippen LogP) is 2.02. The van der Waals surface area contributed by atoms with Gasteiger partial charge in [0, 0.05) is 0 Å². The van der Waals surface area contributed by atoms with E-state index < -0.39 is 0 Å². The maximum Gasteiger partial charge on any atom is 0.279 e. The number of ether oxygens (including phenoxy) is 1. The highest BCUT2D eigenvalue weighted by atomic mass is 16.5. The van der Waals surface area contributed by atoms with Gasteiger partial charge in [0.25, 0.3) is 5.56 Å². The molecule has 20 heavy (non-hydrogen) atoms. The summed E-state index contributed by atoms with van der Waals surface area (Å²) in [5.41, 5.74) is 2.16. The van der Waals surface area contributed by atoms with Gasteiger partial charge in [-0.05, 0) is 26.0 Å². The van der Waals surface area contributed by atoms with E-state index in [1.54, 1.807) is 0 Å². The number of nitrogens with one attached hydrogen (secondary N) is 2. The van der Waals surface area contributed by atoms with Crippen molar-refractivity contribution in [2.75, 3.05) is 6.61 Å². The van der Waals surface area contributed by atoms with Crippen molar-refractivity contribution in [1.29, 1.82) is 0 Å². The van der Waals surface area contributed by atoms with Crippen LogP contribution in [0.2, 0.25) is 0 Å². The Balaban J connectivity index is 2.24. The summed E-state index contributed by atoms with van der Waals surface area (Å²) in [6.07, 6.45) is 0. The Hall–Kier alpha value is -2.63. The molecule has 0 saturated heterocycles. The molecule has 0 aliphatic heterocycles. The predicted molar refractivity (Wildman–Crippen MR) is 75.9 cm³/mol. The van der Waals surface area contributed by atoms with Crippen molar-refractivity contribution in [3.63, 3.8) is 0 Å². The lowest BCUT2D eigenvalue weighted by Gasteiger charge is -2.09. The van der Waals surface area contributed by atoms with Gasteiger partial charge < -0.3 is 9.72 Å². The molecule has 2 N–H and O–H groups in total. The minimum absolute atomic E-state index is 0.263. The highest BCUT2D eigenvalue weighted by molar-refractivity contribution is 5.78. The van der Waals surface area contributed by atoms with Crippen LogP contribution in [0.1, 0.15) is 12.6 Å². The third-order valence-corrected chi connectivity index (χ3v) is 3.03. The average Bonchev–Trinajstić information content (AvgIpc) is 2.82. The summed E-state index contributed by atoms with van der Waals surface area (Å²) in [6, 6.07) is 7.48. The number of hydrogen-bond donors (Lipinski definition) is 2. The van der Waals surface area contributed by atoms with Crippen molar-refractivity contribution in [3.8, 4) is 17.1 Å². The summed E-state index contributed by atoms with van der Waals surface area (Å²) in [6.45, 7) is 4.30. The van der Waals surface area contributed by atoms with Gasteiger partial charge in [-0.2, -0.15) is 5.10 Å². The number of para-hydroxylation sites is 1. The lowest BCUT2D eigenvalue weighted by Crippen LogP contribution is -2.10. The van der Waals surface area contributed by atoms with Gasteiger partial charge in [0.1, 0.15) is 17.1 Å². The fourth-order valence-electron chi connectivity index (χ4n) is 2.10. The fraction of sp³-hybridized carbons (Fsp3) is 0.214. The van der Waals surface area contributed by atoms with E-state index in [1.165, 1.54) is 0 Å². The Morgan fingerprint density at radius 1 is 1.25 bits per heavy atom. The van der Waals surface area contributed by atoms with Crippen molar-refractivity contribution < 1.29 is 4.74 Å². The number of nitrogens with zero attached hydrogens (tertiary/aromatic N) is 2. The van der Waals surface area contributed by atoms with Crippen LogP contribution in [0.15, 0.2) is 29.1 Å². The molecule has 2 aromatic heterocycles. The zero-order valence-corrected chi connectivity index (χ0v) is 11.2. The zero-order valence-electron chi connectivity index (χ0n) is 11.2. The first kappa shape index (κ1) is 12.4. The second-order valence-electron chi connectivity index (χ2n) is 4.39. The number of H-pyrrole nitrogens is 2. The Morgan fingerprint density at radius 2 is 2.05 bits per heavy atom. The molecule has 102 valence electrons. The topological polar surface area (TPSA) is 83.7 Å². The molecule has 3 aromatic rings. The number of aryl methyl sites for hydroxylation is 1. The molecule has 0 unspecified atom stereocenters. The minimum Gasteiger partial charge on any atom is -0.493 e. The Labute approximate surface area is 114 Å². The van der Waals surface area contributed by atoms with Crippen LogP contribution in [0.25, 0.3) is 22.4 Å². The van der Waals surface area contributed by atoms with Crippen LogP contribution in [0.5, 0.6) is 5.75 Å². The molecule has 0 aliphatic carbocycles. The van der Waals surface area contributed by atoms with Gasteiger partial charge >= 0.3 is 0 Å². The van der Waals surface area contributed by atoms with E-state index in [2.05, 4.69) is 20.2 Å². The smallest absolute Gasteiger partial charge is 0.279 e. The maximum atomic E-state index is 12.0. The Kier molecular flexibility index (Phi) is 2.98. The van der Waals surface area contributed by atoms with Crippen molar-refractivity contribution in [2.24, 2.45) is 0 Å². The SMILES string of the molecule is CCOc1ccccc1-c1nc2c(C)[nH]nc2c(=O)[nH]1. The number of rotatable bonds is 3. The molecule has 0 saturated carbocycles. The molecule has 1 aromatic carbocycles. The minimum atomic E-state index is -0.263. The molecule has 0 spiro atoms. The molecule has 6 nitrogen and oxygen atoms in total. The number of fused-ring (bicyclic) bond motifs is 1. The first-order chi connectivity index (χ1) is 9.70. The van der Waals surface area contributed by atoms with E-state index in [0.29, 0.717) is 29.2 Å². The van der Waals surface area contributed by atoms with Crippen molar-refractivity contribution >= 4 is 11.0 Å². The molecular weight excluding hydrogens is 256 g/mol. The van der Waals surface area contributed by atoms with Gasteiger partial charge in [-0.1, -0.05) is 12.1 Å². The molecule has 0 aliphatic rings. The fourth-order valence-corrected chi connectivity index (χ4v) is 2.10. The van der Waals surface area contributed by atoms with Gasteiger partial charge in [-0.25, -0.2) is 4.98 Å². The third-order valence-electron chi connectivity index (χ3n) is 3.03. The Morgan fingerprint density at radius 3 is 2.85 bits per heavy atom. The van der Waals surface area contributed by atoms with Gasteiger partial charge in [-0.3, -0.25) is 9.89 Å². The number of aromatic nitrogens is 4. The molecule has 3 rings (SSSR count). The van der Waals surface area contributed by atoms with Crippen LogP contribution in [-0.2, 0) is 0 Å². The quantitative estimate of drug-likeness (QED) is 0.762. The van der Waals surface area contributed by atoms with E-state index in [1.807, 2.05) is 38.1 Å². The third kappa shape index (κ3) is 1.95. The number of benzene rings is 1. The highest BCUT2D eigenvalue weighted by Crippen LogP contribution is 2.27. The largest absolute Gasteiger partial charge is 0.493 e. The van der Waals surface area contributed by atoms with Crippen LogP contribution in [0.4, 0.5) is 0 Å². The molecule has 6 heteroatoms. The van der Waals surface area contributed by atoms with Crippen molar-refractivity contribution in [3.05, 3.63) is 40.3 Å². The monoisotopic (exact) mass is 270 g/mol. The van der Waals surface area contributed by atoms with Crippen molar-refractivity contribution in [2.45, 2.75) is 13.8 Å².